The molecular formula is C18H14BrN5S. The van der Waals surface area contributed by atoms with Crippen molar-refractivity contribution < 1.29 is 0 Å². The molecule has 0 radical (unpaired) electrons. The molecule has 4 aromatic rings. The maximum Gasteiger partial charge on any atom is 0.150 e. The molecule has 2 aromatic carbocycles. The minimum atomic E-state index is 0.288. The Balaban J connectivity index is 1.91. The molecular weight excluding hydrogens is 398 g/mol. The van der Waals surface area contributed by atoms with Gasteiger partial charge < -0.3 is 16.9 Å². The van der Waals surface area contributed by atoms with Gasteiger partial charge in [-0.1, -0.05) is 34.1 Å². The average Bonchev–Trinajstić information content (AvgIpc) is 3.11. The standard InChI is InChI=1S/C18H14BrN5S/c19-11-2-1-3-12(9-11)22-18-14-6-7-25-16(14)13-5-4-10(17(20)24-21)8-15(13)23-18/h1-9H,21H2,(H2,20,24)(H,22,23). The topological polar surface area (TPSA) is 89.3 Å². The number of nitrogens with zero attached hydrogens (tertiary/aromatic N) is 2. The molecule has 2 aromatic heterocycles. The van der Waals surface area contributed by atoms with Crippen molar-refractivity contribution in [2.24, 2.45) is 16.7 Å². The van der Waals surface area contributed by atoms with Crippen molar-refractivity contribution in [1.29, 1.82) is 0 Å². The summed E-state index contributed by atoms with van der Waals surface area (Å²) in [5.74, 6) is 6.39. The third-order valence-electron chi connectivity index (χ3n) is 3.92. The van der Waals surface area contributed by atoms with Crippen LogP contribution in [0.2, 0.25) is 0 Å². The largest absolute Gasteiger partial charge is 0.382 e. The lowest BCUT2D eigenvalue weighted by Gasteiger charge is -2.10. The van der Waals surface area contributed by atoms with Gasteiger partial charge in [0.2, 0.25) is 0 Å². The summed E-state index contributed by atoms with van der Waals surface area (Å²) < 4.78 is 2.19. The van der Waals surface area contributed by atoms with Gasteiger partial charge >= 0.3 is 0 Å². The highest BCUT2D eigenvalue weighted by atomic mass is 79.9. The van der Waals surface area contributed by atoms with Gasteiger partial charge in [0.05, 0.1) is 5.52 Å². The van der Waals surface area contributed by atoms with Crippen LogP contribution in [0, 0.1) is 0 Å². The zero-order chi connectivity index (χ0) is 17.4. The number of thiophene rings is 1. The maximum atomic E-state index is 5.84. The van der Waals surface area contributed by atoms with E-state index in [2.05, 4.69) is 37.8 Å². The lowest BCUT2D eigenvalue weighted by atomic mass is 10.1. The van der Waals surface area contributed by atoms with E-state index >= 15 is 0 Å². The van der Waals surface area contributed by atoms with Gasteiger partial charge in [-0.05, 0) is 35.7 Å². The van der Waals surface area contributed by atoms with E-state index in [0.717, 1.165) is 37.8 Å². The average molecular weight is 412 g/mol. The molecule has 0 spiro atoms. The van der Waals surface area contributed by atoms with Crippen LogP contribution >= 0.6 is 27.3 Å². The number of benzene rings is 2. The number of aromatic nitrogens is 1. The monoisotopic (exact) mass is 411 g/mol. The van der Waals surface area contributed by atoms with Gasteiger partial charge in [-0.15, -0.1) is 11.3 Å². The van der Waals surface area contributed by atoms with Gasteiger partial charge in [-0.2, -0.15) is 5.10 Å². The van der Waals surface area contributed by atoms with Gasteiger partial charge in [0.1, 0.15) is 11.7 Å². The number of halogens is 1. The van der Waals surface area contributed by atoms with E-state index in [9.17, 15) is 0 Å². The van der Waals surface area contributed by atoms with Crippen molar-refractivity contribution in [2.45, 2.75) is 0 Å². The summed E-state index contributed by atoms with van der Waals surface area (Å²) in [6, 6.07) is 15.9. The Bertz CT molecular complexity index is 1120. The van der Waals surface area contributed by atoms with Crippen LogP contribution < -0.4 is 16.9 Å². The molecule has 5 nitrogen and oxygen atoms in total. The molecule has 0 saturated heterocycles. The zero-order valence-corrected chi connectivity index (χ0v) is 15.4. The smallest absolute Gasteiger partial charge is 0.150 e. The number of amidine groups is 1. The van der Waals surface area contributed by atoms with E-state index in [1.165, 1.54) is 4.70 Å². The number of hydrogen-bond donors (Lipinski definition) is 3. The molecule has 0 fully saturated rings. The number of anilines is 2. The maximum absolute atomic E-state index is 5.84. The summed E-state index contributed by atoms with van der Waals surface area (Å²) >= 11 is 5.18. The highest BCUT2D eigenvalue weighted by Gasteiger charge is 2.11. The predicted octanol–water partition coefficient (Wildman–Crippen LogP) is 4.53. The Morgan fingerprint density at radius 1 is 1.12 bits per heavy atom. The molecule has 0 bridgehead atoms. The Hall–Kier alpha value is -2.64. The molecule has 0 amide bonds. The molecule has 0 atom stereocenters. The fourth-order valence-electron chi connectivity index (χ4n) is 2.73. The van der Waals surface area contributed by atoms with E-state index in [0.29, 0.717) is 0 Å². The van der Waals surface area contributed by atoms with E-state index < -0.39 is 0 Å². The Morgan fingerprint density at radius 2 is 2.00 bits per heavy atom. The minimum Gasteiger partial charge on any atom is -0.382 e. The van der Waals surface area contributed by atoms with Crippen LogP contribution in [0.1, 0.15) is 5.56 Å². The van der Waals surface area contributed by atoms with Crippen molar-refractivity contribution in [2.75, 3.05) is 5.32 Å². The van der Waals surface area contributed by atoms with E-state index in [1.54, 1.807) is 11.3 Å². The number of nitrogens with one attached hydrogen (secondary N) is 1. The normalized spacial score (nSPS) is 12.0. The van der Waals surface area contributed by atoms with Crippen LogP contribution in [0.15, 0.2) is 63.5 Å². The second-order valence-electron chi connectivity index (χ2n) is 5.51. The first kappa shape index (κ1) is 15.9. The van der Waals surface area contributed by atoms with Gasteiger partial charge in [0.25, 0.3) is 0 Å². The quantitative estimate of drug-likeness (QED) is 0.200. The van der Waals surface area contributed by atoms with Crippen LogP contribution in [-0.4, -0.2) is 10.8 Å². The van der Waals surface area contributed by atoms with Crippen LogP contribution in [0.5, 0.6) is 0 Å². The fourth-order valence-corrected chi connectivity index (χ4v) is 4.06. The zero-order valence-electron chi connectivity index (χ0n) is 13.0. The van der Waals surface area contributed by atoms with Crippen LogP contribution in [0.4, 0.5) is 11.5 Å². The molecule has 5 N–H and O–H groups in total. The lowest BCUT2D eigenvalue weighted by molar-refractivity contribution is 1.23. The molecule has 0 aliphatic heterocycles. The number of fused-ring (bicyclic) bond motifs is 3. The van der Waals surface area contributed by atoms with Gasteiger partial charge in [0, 0.05) is 31.2 Å². The number of pyridine rings is 1. The van der Waals surface area contributed by atoms with Crippen LogP contribution in [0.25, 0.3) is 21.0 Å². The number of rotatable bonds is 3. The van der Waals surface area contributed by atoms with Crippen molar-refractivity contribution in [3.8, 4) is 0 Å². The van der Waals surface area contributed by atoms with E-state index in [-0.39, 0.29) is 5.84 Å². The summed E-state index contributed by atoms with van der Waals surface area (Å²) in [6.45, 7) is 0. The van der Waals surface area contributed by atoms with E-state index in [1.807, 2.05) is 42.5 Å². The third kappa shape index (κ3) is 2.92. The highest BCUT2D eigenvalue weighted by molar-refractivity contribution is 9.10. The number of nitrogens with two attached hydrogens (primary N) is 2. The first-order valence-corrected chi connectivity index (χ1v) is 9.20. The summed E-state index contributed by atoms with van der Waals surface area (Å²) in [5, 5.41) is 11.2. The third-order valence-corrected chi connectivity index (χ3v) is 5.36. The van der Waals surface area contributed by atoms with Crippen molar-refractivity contribution in [1.82, 2.24) is 4.98 Å². The molecule has 4 rings (SSSR count). The summed E-state index contributed by atoms with van der Waals surface area (Å²) in [4.78, 5) is 4.81. The summed E-state index contributed by atoms with van der Waals surface area (Å²) in [6.07, 6.45) is 0. The molecule has 2 heterocycles. The lowest BCUT2D eigenvalue weighted by Crippen LogP contribution is -2.15. The predicted molar refractivity (Wildman–Crippen MR) is 109 cm³/mol. The summed E-state index contributed by atoms with van der Waals surface area (Å²) in [5.41, 5.74) is 8.40. The van der Waals surface area contributed by atoms with Gasteiger partial charge in [-0.3, -0.25) is 0 Å². The second-order valence-corrected chi connectivity index (χ2v) is 7.34. The summed E-state index contributed by atoms with van der Waals surface area (Å²) in [7, 11) is 0. The number of hydrazone groups is 1. The molecule has 7 heteroatoms. The van der Waals surface area contributed by atoms with Gasteiger partial charge in [-0.25, -0.2) is 4.98 Å². The SMILES string of the molecule is N/N=C(\N)c1ccc2c(c1)nc(Nc1cccc(Br)c1)c1ccsc12. The molecule has 0 aliphatic rings. The molecule has 25 heavy (non-hydrogen) atoms. The molecule has 0 unspecified atom stereocenters. The highest BCUT2D eigenvalue weighted by Crippen LogP contribution is 2.35. The molecule has 0 saturated carbocycles. The van der Waals surface area contributed by atoms with Crippen molar-refractivity contribution >= 4 is 65.6 Å². The Kier molecular flexibility index (Phi) is 4.03. The van der Waals surface area contributed by atoms with Crippen LogP contribution in [0.3, 0.4) is 0 Å². The van der Waals surface area contributed by atoms with Crippen molar-refractivity contribution in [3.05, 3.63) is 63.9 Å². The number of hydrogen-bond acceptors (Lipinski definition) is 5. The molecule has 124 valence electrons. The second kappa shape index (κ2) is 6.34. The first-order chi connectivity index (χ1) is 12.2. The molecule has 0 aliphatic carbocycles. The Labute approximate surface area is 156 Å². The van der Waals surface area contributed by atoms with Crippen molar-refractivity contribution in [3.63, 3.8) is 0 Å². The Morgan fingerprint density at radius 3 is 2.80 bits per heavy atom. The van der Waals surface area contributed by atoms with Gasteiger partial charge in [0.15, 0.2) is 0 Å². The van der Waals surface area contributed by atoms with Crippen LogP contribution in [-0.2, 0) is 0 Å². The minimum absolute atomic E-state index is 0.288. The first-order valence-electron chi connectivity index (χ1n) is 7.53. The fraction of sp³-hybridized carbons (Fsp3) is 0. The van der Waals surface area contributed by atoms with E-state index in [4.69, 9.17) is 16.6 Å².